The molecule has 0 aromatic heterocycles. The molecule has 0 unspecified atom stereocenters. The molecule has 0 amide bonds. The van der Waals surface area contributed by atoms with E-state index in [4.69, 9.17) is 0 Å². The van der Waals surface area contributed by atoms with Gasteiger partial charge in [-0.05, 0) is 30.0 Å². The minimum absolute atomic E-state index is 0.000941. The number of para-hydroxylation sites is 1. The molecule has 1 aliphatic carbocycles. The summed E-state index contributed by atoms with van der Waals surface area (Å²) in [5.74, 6) is -0.909. The Morgan fingerprint density at radius 2 is 1.87 bits per heavy atom. The van der Waals surface area contributed by atoms with Gasteiger partial charge in [0.2, 0.25) is 0 Å². The maximum atomic E-state index is 13.6. The van der Waals surface area contributed by atoms with Crippen LogP contribution in [-0.2, 0) is 4.79 Å². The SMILES string of the molecule is N#CC1(C#N)[C@H](c2cccc([N+](=O)[O-])c2)[C@@H](C(=O)C2CC2)N2c3ccccc3C=C[C@H]21. The molecule has 0 radical (unpaired) electrons. The van der Waals surface area contributed by atoms with E-state index in [0.29, 0.717) is 5.56 Å². The highest BCUT2D eigenvalue weighted by molar-refractivity contribution is 5.95. The number of carbonyl (C=O) groups is 1. The number of non-ortho nitro benzene ring substituents is 1. The van der Waals surface area contributed by atoms with Gasteiger partial charge in [0, 0.05) is 29.7 Å². The van der Waals surface area contributed by atoms with Crippen molar-refractivity contribution in [1.29, 1.82) is 10.5 Å². The molecule has 2 aromatic rings. The third-order valence-electron chi connectivity index (χ3n) is 6.63. The first-order chi connectivity index (χ1) is 15.0. The van der Waals surface area contributed by atoms with E-state index >= 15 is 0 Å². The summed E-state index contributed by atoms with van der Waals surface area (Å²) in [5, 5.41) is 32.0. The highest BCUT2D eigenvalue weighted by atomic mass is 16.6. The smallest absolute Gasteiger partial charge is 0.269 e. The number of carbonyl (C=O) groups excluding carboxylic acids is 1. The van der Waals surface area contributed by atoms with Crippen LogP contribution in [0.2, 0.25) is 0 Å². The van der Waals surface area contributed by atoms with Crippen LogP contribution in [0.4, 0.5) is 11.4 Å². The number of nitro benzene ring substituents is 1. The van der Waals surface area contributed by atoms with Crippen molar-refractivity contribution < 1.29 is 9.72 Å². The molecule has 2 heterocycles. The number of benzene rings is 2. The Kier molecular flexibility index (Phi) is 4.16. The third kappa shape index (κ3) is 2.67. The van der Waals surface area contributed by atoms with Gasteiger partial charge < -0.3 is 4.90 Å². The Bertz CT molecular complexity index is 1200. The largest absolute Gasteiger partial charge is 0.351 e. The van der Waals surface area contributed by atoms with Crippen molar-refractivity contribution in [3.63, 3.8) is 0 Å². The number of nitriles is 2. The molecule has 2 fully saturated rings. The van der Waals surface area contributed by atoms with E-state index in [-0.39, 0.29) is 17.4 Å². The zero-order valence-electron chi connectivity index (χ0n) is 16.5. The van der Waals surface area contributed by atoms with Gasteiger partial charge in [-0.1, -0.05) is 42.5 Å². The summed E-state index contributed by atoms with van der Waals surface area (Å²) < 4.78 is 0. The van der Waals surface area contributed by atoms with Crippen LogP contribution < -0.4 is 4.90 Å². The zero-order valence-corrected chi connectivity index (χ0v) is 16.5. The Morgan fingerprint density at radius 1 is 1.13 bits per heavy atom. The van der Waals surface area contributed by atoms with Crippen LogP contribution in [0.5, 0.6) is 0 Å². The van der Waals surface area contributed by atoms with Crippen molar-refractivity contribution in [3.05, 3.63) is 75.8 Å². The molecule has 0 spiro atoms. The summed E-state index contributed by atoms with van der Waals surface area (Å²) in [5.41, 5.74) is 0.500. The molecular weight excluding hydrogens is 392 g/mol. The first kappa shape index (κ1) is 19.0. The molecule has 2 aliphatic heterocycles. The van der Waals surface area contributed by atoms with Gasteiger partial charge in [0.05, 0.1) is 29.1 Å². The van der Waals surface area contributed by atoms with Crippen LogP contribution in [0, 0.1) is 44.1 Å². The number of hydrogen-bond donors (Lipinski definition) is 0. The van der Waals surface area contributed by atoms with Crippen LogP contribution in [0.1, 0.15) is 29.9 Å². The average Bonchev–Trinajstić information content (AvgIpc) is 3.60. The van der Waals surface area contributed by atoms with Crippen molar-refractivity contribution in [2.45, 2.75) is 30.8 Å². The topological polar surface area (TPSA) is 111 Å². The van der Waals surface area contributed by atoms with E-state index in [1.807, 2.05) is 41.3 Å². The highest BCUT2D eigenvalue weighted by Gasteiger charge is 2.64. The third-order valence-corrected chi connectivity index (χ3v) is 6.63. The summed E-state index contributed by atoms with van der Waals surface area (Å²) in [6.45, 7) is 0. The van der Waals surface area contributed by atoms with Gasteiger partial charge in [0.25, 0.3) is 5.69 Å². The lowest BCUT2D eigenvalue weighted by atomic mass is 9.69. The summed E-state index contributed by atoms with van der Waals surface area (Å²) in [7, 11) is 0. The summed E-state index contributed by atoms with van der Waals surface area (Å²) in [6.07, 6.45) is 5.28. The zero-order chi connectivity index (χ0) is 21.8. The Labute approximate surface area is 179 Å². The molecule has 2 aromatic carbocycles. The monoisotopic (exact) mass is 410 g/mol. The Morgan fingerprint density at radius 3 is 2.55 bits per heavy atom. The van der Waals surface area contributed by atoms with Crippen LogP contribution in [0.3, 0.4) is 0 Å². The normalized spacial score (nSPS) is 25.1. The lowest BCUT2D eigenvalue weighted by molar-refractivity contribution is -0.384. The highest BCUT2D eigenvalue weighted by Crippen LogP contribution is 2.56. The number of anilines is 1. The molecule has 152 valence electrons. The fourth-order valence-electron chi connectivity index (χ4n) is 5.07. The summed E-state index contributed by atoms with van der Waals surface area (Å²) in [4.78, 5) is 26.4. The number of ketones is 1. The molecular formula is C24H18N4O3. The van der Waals surface area contributed by atoms with Crippen molar-refractivity contribution in [2.75, 3.05) is 4.90 Å². The minimum Gasteiger partial charge on any atom is -0.351 e. The van der Waals surface area contributed by atoms with Crippen LogP contribution in [-0.4, -0.2) is 22.8 Å². The number of Topliss-reactive ketones (excluding diaryl/α,β-unsaturated/α-hetero) is 1. The molecule has 31 heavy (non-hydrogen) atoms. The number of nitrogens with zero attached hydrogens (tertiary/aromatic N) is 4. The summed E-state index contributed by atoms with van der Waals surface area (Å²) >= 11 is 0. The molecule has 3 aliphatic rings. The molecule has 1 saturated heterocycles. The van der Waals surface area contributed by atoms with Gasteiger partial charge in [0.15, 0.2) is 11.2 Å². The predicted molar refractivity (Wildman–Crippen MR) is 113 cm³/mol. The molecule has 3 atom stereocenters. The van der Waals surface area contributed by atoms with Crippen molar-refractivity contribution >= 4 is 23.2 Å². The maximum Gasteiger partial charge on any atom is 0.269 e. The quantitative estimate of drug-likeness (QED) is 0.557. The fraction of sp³-hybridized carbons (Fsp3) is 0.292. The van der Waals surface area contributed by atoms with Crippen molar-refractivity contribution in [3.8, 4) is 12.1 Å². The van der Waals surface area contributed by atoms with Gasteiger partial charge in [-0.25, -0.2) is 0 Å². The molecule has 7 heteroatoms. The van der Waals surface area contributed by atoms with E-state index in [2.05, 4.69) is 12.1 Å². The van der Waals surface area contributed by atoms with Gasteiger partial charge in [0.1, 0.15) is 0 Å². The van der Waals surface area contributed by atoms with Gasteiger partial charge in [-0.15, -0.1) is 0 Å². The van der Waals surface area contributed by atoms with Gasteiger partial charge >= 0.3 is 0 Å². The minimum atomic E-state index is -1.56. The Balaban J connectivity index is 1.77. The van der Waals surface area contributed by atoms with Crippen LogP contribution in [0.25, 0.3) is 6.08 Å². The van der Waals surface area contributed by atoms with Crippen molar-refractivity contribution in [1.82, 2.24) is 0 Å². The molecule has 1 saturated carbocycles. The van der Waals surface area contributed by atoms with E-state index in [9.17, 15) is 25.4 Å². The predicted octanol–water partition coefficient (Wildman–Crippen LogP) is 3.98. The van der Waals surface area contributed by atoms with Crippen LogP contribution >= 0.6 is 0 Å². The van der Waals surface area contributed by atoms with Gasteiger partial charge in [-0.2, -0.15) is 10.5 Å². The van der Waals surface area contributed by atoms with E-state index in [1.54, 1.807) is 12.1 Å². The second-order valence-corrected chi connectivity index (χ2v) is 8.31. The number of rotatable bonds is 4. The van der Waals surface area contributed by atoms with E-state index in [0.717, 1.165) is 24.1 Å². The second kappa shape index (κ2) is 6.78. The molecule has 5 rings (SSSR count). The molecule has 0 N–H and O–H groups in total. The average molecular weight is 410 g/mol. The number of hydrogen-bond acceptors (Lipinski definition) is 6. The number of nitro groups is 1. The standard InChI is InChI=1S/C24H18N4O3/c25-13-24(14-26)20-11-10-15-4-1-2-7-19(15)27(20)22(23(29)16-8-9-16)21(24)17-5-3-6-18(12-17)28(30)31/h1-7,10-12,16,20-22H,8-9H2/t20-,21+,22-/m0/s1. The second-order valence-electron chi connectivity index (χ2n) is 8.31. The van der Waals surface area contributed by atoms with Gasteiger partial charge in [-0.3, -0.25) is 14.9 Å². The number of fused-ring (bicyclic) bond motifs is 3. The first-order valence-corrected chi connectivity index (χ1v) is 10.2. The molecule has 0 bridgehead atoms. The maximum absolute atomic E-state index is 13.6. The van der Waals surface area contributed by atoms with Crippen molar-refractivity contribution in [2.24, 2.45) is 11.3 Å². The molecule has 7 nitrogen and oxygen atoms in total. The lowest BCUT2D eigenvalue weighted by Crippen LogP contribution is -2.44. The first-order valence-electron chi connectivity index (χ1n) is 10.2. The fourth-order valence-corrected chi connectivity index (χ4v) is 5.07. The lowest BCUT2D eigenvalue weighted by Gasteiger charge is -2.35. The Hall–Kier alpha value is -3.97. The van der Waals surface area contributed by atoms with E-state index < -0.39 is 28.3 Å². The van der Waals surface area contributed by atoms with Crippen LogP contribution in [0.15, 0.2) is 54.6 Å². The van der Waals surface area contributed by atoms with E-state index in [1.165, 1.54) is 12.1 Å². The summed E-state index contributed by atoms with van der Waals surface area (Å²) in [6, 6.07) is 16.7.